The van der Waals surface area contributed by atoms with E-state index in [1.807, 2.05) is 18.2 Å². The van der Waals surface area contributed by atoms with E-state index in [0.29, 0.717) is 33.3 Å². The van der Waals surface area contributed by atoms with Crippen LogP contribution in [0.2, 0.25) is 10.0 Å². The molecule has 1 aromatic heterocycles. The van der Waals surface area contributed by atoms with E-state index in [-0.39, 0.29) is 16.3 Å². The maximum absolute atomic E-state index is 12.4. The average Bonchev–Trinajstić information content (AvgIpc) is 3.07. The van der Waals surface area contributed by atoms with E-state index < -0.39 is 5.91 Å². The van der Waals surface area contributed by atoms with Crippen LogP contribution in [-0.4, -0.2) is 16.0 Å². The SMILES string of the molecule is O=C(Nc1ccc(-c2nc3ccccc3o2)c(O)c1)c1cc(Cl)ccc1Cl. The van der Waals surface area contributed by atoms with E-state index in [4.69, 9.17) is 27.6 Å². The highest BCUT2D eigenvalue weighted by molar-refractivity contribution is 6.36. The van der Waals surface area contributed by atoms with Crippen molar-refractivity contribution in [3.8, 4) is 17.2 Å². The van der Waals surface area contributed by atoms with Gasteiger partial charge in [0, 0.05) is 16.8 Å². The first kappa shape index (κ1) is 17.4. The molecule has 0 aliphatic carbocycles. The first-order chi connectivity index (χ1) is 13.0. The quantitative estimate of drug-likeness (QED) is 0.459. The van der Waals surface area contributed by atoms with Crippen LogP contribution in [-0.2, 0) is 0 Å². The van der Waals surface area contributed by atoms with Crippen LogP contribution < -0.4 is 5.32 Å². The van der Waals surface area contributed by atoms with Crippen LogP contribution in [0.25, 0.3) is 22.6 Å². The first-order valence-corrected chi connectivity index (χ1v) is 8.72. The highest BCUT2D eigenvalue weighted by atomic mass is 35.5. The molecular formula is C20H12Cl2N2O3. The minimum Gasteiger partial charge on any atom is -0.507 e. The summed E-state index contributed by atoms with van der Waals surface area (Å²) >= 11 is 12.0. The molecule has 7 heteroatoms. The summed E-state index contributed by atoms with van der Waals surface area (Å²) in [4.78, 5) is 16.8. The number of nitrogens with zero attached hydrogens (tertiary/aromatic N) is 1. The molecule has 0 saturated carbocycles. The maximum atomic E-state index is 12.4. The van der Waals surface area contributed by atoms with Gasteiger partial charge in [-0.25, -0.2) is 4.98 Å². The number of hydrogen-bond acceptors (Lipinski definition) is 4. The van der Waals surface area contributed by atoms with Gasteiger partial charge in [0.25, 0.3) is 5.91 Å². The second kappa shape index (κ2) is 6.95. The molecule has 0 unspecified atom stereocenters. The number of rotatable bonds is 3. The van der Waals surface area contributed by atoms with Gasteiger partial charge in [-0.2, -0.15) is 0 Å². The van der Waals surface area contributed by atoms with Crippen molar-refractivity contribution in [2.45, 2.75) is 0 Å². The zero-order valence-corrected chi connectivity index (χ0v) is 15.3. The van der Waals surface area contributed by atoms with Crippen LogP contribution in [0.4, 0.5) is 5.69 Å². The largest absolute Gasteiger partial charge is 0.507 e. The van der Waals surface area contributed by atoms with Crippen LogP contribution in [0.15, 0.2) is 65.1 Å². The molecule has 0 saturated heterocycles. The number of carbonyl (C=O) groups is 1. The number of aromatic hydroxyl groups is 1. The summed E-state index contributed by atoms with van der Waals surface area (Å²) in [5.41, 5.74) is 2.38. The lowest BCUT2D eigenvalue weighted by molar-refractivity contribution is 0.102. The van der Waals surface area contributed by atoms with Crippen LogP contribution in [0, 0.1) is 0 Å². The normalized spacial score (nSPS) is 10.9. The Morgan fingerprint density at radius 1 is 1.04 bits per heavy atom. The van der Waals surface area contributed by atoms with Crippen molar-refractivity contribution < 1.29 is 14.3 Å². The van der Waals surface area contributed by atoms with Crippen molar-refractivity contribution in [3.63, 3.8) is 0 Å². The van der Waals surface area contributed by atoms with Crippen LogP contribution >= 0.6 is 23.2 Å². The van der Waals surface area contributed by atoms with Gasteiger partial charge in [0.2, 0.25) is 5.89 Å². The molecule has 4 rings (SSSR count). The lowest BCUT2D eigenvalue weighted by atomic mass is 10.1. The molecule has 5 nitrogen and oxygen atoms in total. The summed E-state index contributed by atoms with van der Waals surface area (Å²) in [6, 6.07) is 16.6. The van der Waals surface area contributed by atoms with Crippen LogP contribution in [0.5, 0.6) is 5.75 Å². The summed E-state index contributed by atoms with van der Waals surface area (Å²) in [6.07, 6.45) is 0. The second-order valence-corrected chi connectivity index (χ2v) is 6.64. The number of carbonyl (C=O) groups excluding carboxylic acids is 1. The summed E-state index contributed by atoms with van der Waals surface area (Å²) in [7, 11) is 0. The van der Waals surface area contributed by atoms with Crippen molar-refractivity contribution >= 4 is 45.9 Å². The molecule has 0 aliphatic rings. The van der Waals surface area contributed by atoms with Gasteiger partial charge in [0.15, 0.2) is 5.58 Å². The predicted molar refractivity (Wildman–Crippen MR) is 106 cm³/mol. The Morgan fingerprint density at radius 2 is 1.85 bits per heavy atom. The molecule has 1 heterocycles. The van der Waals surface area contributed by atoms with Gasteiger partial charge >= 0.3 is 0 Å². The fourth-order valence-corrected chi connectivity index (χ4v) is 3.02. The third kappa shape index (κ3) is 3.47. The summed E-state index contributed by atoms with van der Waals surface area (Å²) in [5, 5.41) is 13.7. The average molecular weight is 399 g/mol. The third-order valence-corrected chi connectivity index (χ3v) is 4.52. The highest BCUT2D eigenvalue weighted by Gasteiger charge is 2.15. The smallest absolute Gasteiger partial charge is 0.257 e. The molecular weight excluding hydrogens is 387 g/mol. The van der Waals surface area contributed by atoms with E-state index in [9.17, 15) is 9.90 Å². The highest BCUT2D eigenvalue weighted by Crippen LogP contribution is 2.33. The molecule has 134 valence electrons. The van der Waals surface area contributed by atoms with Crippen LogP contribution in [0.1, 0.15) is 10.4 Å². The molecule has 2 N–H and O–H groups in total. The van der Waals surface area contributed by atoms with E-state index in [2.05, 4.69) is 10.3 Å². The van der Waals surface area contributed by atoms with E-state index in [1.54, 1.807) is 30.3 Å². The zero-order valence-electron chi connectivity index (χ0n) is 13.7. The maximum Gasteiger partial charge on any atom is 0.257 e. The Morgan fingerprint density at radius 3 is 2.63 bits per heavy atom. The van der Waals surface area contributed by atoms with E-state index >= 15 is 0 Å². The number of nitrogens with one attached hydrogen (secondary N) is 1. The Bertz CT molecular complexity index is 1140. The van der Waals surface area contributed by atoms with Crippen molar-refractivity contribution in [1.82, 2.24) is 4.98 Å². The zero-order chi connectivity index (χ0) is 19.0. The Labute approximate surface area is 164 Å². The number of para-hydroxylation sites is 2. The Hall–Kier alpha value is -3.02. The van der Waals surface area contributed by atoms with Crippen molar-refractivity contribution in [2.24, 2.45) is 0 Å². The topological polar surface area (TPSA) is 75.4 Å². The molecule has 4 aromatic rings. The van der Waals surface area contributed by atoms with Gasteiger partial charge in [-0.3, -0.25) is 4.79 Å². The molecule has 0 fully saturated rings. The van der Waals surface area contributed by atoms with Crippen molar-refractivity contribution in [1.29, 1.82) is 0 Å². The second-order valence-electron chi connectivity index (χ2n) is 5.80. The minimum atomic E-state index is -0.434. The number of fused-ring (bicyclic) bond motifs is 1. The number of anilines is 1. The molecule has 27 heavy (non-hydrogen) atoms. The number of phenols is 1. The molecule has 3 aromatic carbocycles. The molecule has 0 radical (unpaired) electrons. The number of oxazole rings is 1. The fraction of sp³-hybridized carbons (Fsp3) is 0. The van der Waals surface area contributed by atoms with Crippen molar-refractivity contribution in [3.05, 3.63) is 76.3 Å². The number of aromatic nitrogens is 1. The molecule has 1 amide bonds. The molecule has 0 bridgehead atoms. The van der Waals surface area contributed by atoms with Gasteiger partial charge in [-0.1, -0.05) is 35.3 Å². The molecule has 0 atom stereocenters. The van der Waals surface area contributed by atoms with Gasteiger partial charge < -0.3 is 14.8 Å². The molecule has 0 spiro atoms. The fourth-order valence-electron chi connectivity index (χ4n) is 2.65. The monoisotopic (exact) mass is 398 g/mol. The standard InChI is InChI=1S/C20H12Cl2N2O3/c21-11-5-8-15(22)14(9-11)19(26)23-12-6-7-13(17(25)10-12)20-24-16-3-1-2-4-18(16)27-20/h1-10,25H,(H,23,26). The Balaban J connectivity index is 1.61. The first-order valence-electron chi connectivity index (χ1n) is 7.96. The van der Waals surface area contributed by atoms with Gasteiger partial charge in [0.1, 0.15) is 11.3 Å². The number of benzene rings is 3. The van der Waals surface area contributed by atoms with E-state index in [0.717, 1.165) is 0 Å². The third-order valence-electron chi connectivity index (χ3n) is 3.95. The summed E-state index contributed by atoms with van der Waals surface area (Å²) in [5.74, 6) is -0.211. The molecule has 0 aliphatic heterocycles. The number of amides is 1. The van der Waals surface area contributed by atoms with E-state index in [1.165, 1.54) is 12.1 Å². The number of phenolic OH excluding ortho intramolecular Hbond substituents is 1. The lowest BCUT2D eigenvalue weighted by Crippen LogP contribution is -2.12. The number of hydrogen-bond donors (Lipinski definition) is 2. The summed E-state index contributed by atoms with van der Waals surface area (Å²) in [6.45, 7) is 0. The Kier molecular flexibility index (Phi) is 4.48. The van der Waals surface area contributed by atoms with Crippen LogP contribution in [0.3, 0.4) is 0 Å². The van der Waals surface area contributed by atoms with Crippen molar-refractivity contribution in [2.75, 3.05) is 5.32 Å². The van der Waals surface area contributed by atoms with Gasteiger partial charge in [0.05, 0.1) is 16.1 Å². The minimum absolute atomic E-state index is 0.0726. The van der Waals surface area contributed by atoms with Gasteiger partial charge in [-0.05, 0) is 42.5 Å². The van der Waals surface area contributed by atoms with Gasteiger partial charge in [-0.15, -0.1) is 0 Å². The lowest BCUT2D eigenvalue weighted by Gasteiger charge is -2.09. The predicted octanol–water partition coefficient (Wildman–Crippen LogP) is 5.76. The summed E-state index contributed by atoms with van der Waals surface area (Å²) < 4.78 is 5.66. The number of halogens is 2.